The van der Waals surface area contributed by atoms with Gasteiger partial charge in [-0.05, 0) is 36.4 Å². The summed E-state index contributed by atoms with van der Waals surface area (Å²) < 4.78 is 54.9. The van der Waals surface area contributed by atoms with Crippen molar-refractivity contribution in [2.45, 2.75) is 12.7 Å². The van der Waals surface area contributed by atoms with Crippen LogP contribution >= 0.6 is 0 Å². The zero-order chi connectivity index (χ0) is 21.3. The van der Waals surface area contributed by atoms with Crippen LogP contribution in [0.4, 0.5) is 13.2 Å². The Bertz CT molecular complexity index is 1050. The summed E-state index contributed by atoms with van der Waals surface area (Å²) in [5.41, 5.74) is 0.725. The minimum absolute atomic E-state index is 0.214. The third-order valence-electron chi connectivity index (χ3n) is 4.73. The Hall–Kier alpha value is -3.49. The molecule has 0 saturated carbocycles. The number of aromatic nitrogens is 1. The smallest absolute Gasteiger partial charge is 0.417 e. The maximum absolute atomic E-state index is 12.8. The average molecular weight is 418 g/mol. The van der Waals surface area contributed by atoms with Gasteiger partial charge in [0.25, 0.3) is 5.91 Å². The Balaban J connectivity index is 1.70. The topological polar surface area (TPSA) is 64.8 Å². The van der Waals surface area contributed by atoms with Gasteiger partial charge in [-0.15, -0.1) is 0 Å². The zero-order valence-electron chi connectivity index (χ0n) is 15.9. The van der Waals surface area contributed by atoms with Crippen LogP contribution in [0, 0.1) is 0 Å². The molecule has 4 rings (SSSR count). The summed E-state index contributed by atoms with van der Waals surface area (Å²) in [5.74, 6) is 0.832. The van der Waals surface area contributed by atoms with Gasteiger partial charge in [0.1, 0.15) is 6.61 Å². The first-order chi connectivity index (χ1) is 14.4. The number of carbonyl (C=O) groups is 1. The van der Waals surface area contributed by atoms with E-state index >= 15 is 0 Å². The summed E-state index contributed by atoms with van der Waals surface area (Å²) in [6, 6.07) is 8.88. The summed E-state index contributed by atoms with van der Waals surface area (Å²) in [7, 11) is 1.47. The number of furan rings is 1. The highest BCUT2D eigenvalue weighted by atomic mass is 19.4. The Morgan fingerprint density at radius 1 is 1.23 bits per heavy atom. The number of hydrogen-bond donors (Lipinski definition) is 0. The van der Waals surface area contributed by atoms with Crippen LogP contribution in [-0.4, -0.2) is 36.1 Å². The molecule has 6 nitrogen and oxygen atoms in total. The predicted octanol–water partition coefficient (Wildman–Crippen LogP) is 4.40. The molecule has 2 aromatic heterocycles. The second-order valence-electron chi connectivity index (χ2n) is 6.65. The molecule has 0 bridgehead atoms. The van der Waals surface area contributed by atoms with E-state index in [2.05, 4.69) is 4.98 Å². The molecule has 0 fully saturated rings. The third-order valence-corrected chi connectivity index (χ3v) is 4.73. The van der Waals surface area contributed by atoms with Crippen LogP contribution in [0.1, 0.15) is 21.7 Å². The molecule has 1 aliphatic rings. The lowest BCUT2D eigenvalue weighted by atomic mass is 10.0. The lowest BCUT2D eigenvalue weighted by Crippen LogP contribution is -2.32. The first-order valence-corrected chi connectivity index (χ1v) is 9.07. The number of carbonyl (C=O) groups excluding carboxylic acids is 1. The molecule has 156 valence electrons. The van der Waals surface area contributed by atoms with Crippen molar-refractivity contribution in [2.75, 3.05) is 20.3 Å². The second-order valence-corrected chi connectivity index (χ2v) is 6.65. The van der Waals surface area contributed by atoms with Gasteiger partial charge < -0.3 is 18.8 Å². The number of ether oxygens (including phenoxy) is 2. The maximum Gasteiger partial charge on any atom is 0.417 e. The van der Waals surface area contributed by atoms with E-state index in [1.54, 1.807) is 29.2 Å². The van der Waals surface area contributed by atoms with Crippen LogP contribution in [-0.2, 0) is 12.7 Å². The SMILES string of the molecule is COc1cc(-c2ccc(C(F)(F)F)cn2)cc2c1OCCN(C(=O)c1ccco1)C2. The molecule has 30 heavy (non-hydrogen) atoms. The van der Waals surface area contributed by atoms with Gasteiger partial charge in [0.2, 0.25) is 0 Å². The molecule has 0 spiro atoms. The number of methoxy groups -OCH3 is 1. The van der Waals surface area contributed by atoms with Crippen LogP contribution < -0.4 is 9.47 Å². The van der Waals surface area contributed by atoms with Crippen molar-refractivity contribution in [1.29, 1.82) is 0 Å². The molecule has 0 radical (unpaired) electrons. The molecule has 9 heteroatoms. The zero-order valence-corrected chi connectivity index (χ0v) is 15.9. The highest BCUT2D eigenvalue weighted by Crippen LogP contribution is 2.38. The van der Waals surface area contributed by atoms with E-state index in [1.165, 1.54) is 19.4 Å². The highest BCUT2D eigenvalue weighted by molar-refractivity contribution is 5.91. The number of hydrogen-bond acceptors (Lipinski definition) is 5. The van der Waals surface area contributed by atoms with E-state index in [-0.39, 0.29) is 24.8 Å². The van der Waals surface area contributed by atoms with Crippen LogP contribution in [0.5, 0.6) is 11.5 Å². The Morgan fingerprint density at radius 3 is 2.70 bits per heavy atom. The Morgan fingerprint density at radius 2 is 2.07 bits per heavy atom. The molecule has 0 saturated heterocycles. The predicted molar refractivity (Wildman–Crippen MR) is 100 cm³/mol. The van der Waals surface area contributed by atoms with Gasteiger partial charge in [-0.3, -0.25) is 9.78 Å². The fourth-order valence-electron chi connectivity index (χ4n) is 3.25. The average Bonchev–Trinajstić information content (AvgIpc) is 3.18. The molecule has 1 aromatic carbocycles. The van der Waals surface area contributed by atoms with E-state index in [0.29, 0.717) is 34.9 Å². The van der Waals surface area contributed by atoms with Crippen molar-refractivity contribution in [1.82, 2.24) is 9.88 Å². The fourth-order valence-corrected chi connectivity index (χ4v) is 3.25. The standard InChI is InChI=1S/C21H17F3N2O4/c1-28-18-10-13(16-5-4-15(11-25-16)21(22,23)24)9-14-12-26(6-8-30-19(14)18)20(27)17-3-2-7-29-17/h2-5,7,9-11H,6,8,12H2,1H3. The summed E-state index contributed by atoms with van der Waals surface area (Å²) >= 11 is 0. The molecule has 0 unspecified atom stereocenters. The van der Waals surface area contributed by atoms with Gasteiger partial charge in [-0.2, -0.15) is 13.2 Å². The summed E-state index contributed by atoms with van der Waals surface area (Å²) in [4.78, 5) is 18.2. The number of amides is 1. The molecule has 0 N–H and O–H groups in total. The Kier molecular flexibility index (Phi) is 5.11. The largest absolute Gasteiger partial charge is 0.493 e. The molecular formula is C21H17F3N2O4. The molecule has 0 atom stereocenters. The van der Waals surface area contributed by atoms with E-state index in [0.717, 1.165) is 12.3 Å². The minimum atomic E-state index is -4.46. The monoisotopic (exact) mass is 418 g/mol. The molecule has 3 heterocycles. The van der Waals surface area contributed by atoms with Gasteiger partial charge in [0, 0.05) is 17.3 Å². The number of alkyl halides is 3. The summed E-state index contributed by atoms with van der Waals surface area (Å²) in [6.07, 6.45) is -2.25. The number of halogens is 3. The van der Waals surface area contributed by atoms with E-state index in [9.17, 15) is 18.0 Å². The molecular weight excluding hydrogens is 401 g/mol. The third kappa shape index (κ3) is 3.83. The van der Waals surface area contributed by atoms with Gasteiger partial charge >= 0.3 is 6.18 Å². The van der Waals surface area contributed by atoms with E-state index in [4.69, 9.17) is 13.9 Å². The van der Waals surface area contributed by atoms with Crippen molar-refractivity contribution in [3.8, 4) is 22.8 Å². The van der Waals surface area contributed by atoms with Gasteiger partial charge in [-0.25, -0.2) is 0 Å². The molecule has 1 aliphatic heterocycles. The number of pyridine rings is 1. The quantitative estimate of drug-likeness (QED) is 0.631. The van der Waals surface area contributed by atoms with E-state index < -0.39 is 11.7 Å². The number of nitrogens with zero attached hydrogens (tertiary/aromatic N) is 2. The van der Waals surface area contributed by atoms with E-state index in [1.807, 2.05) is 0 Å². The van der Waals surface area contributed by atoms with Crippen molar-refractivity contribution in [3.05, 3.63) is 65.7 Å². The number of benzene rings is 1. The van der Waals surface area contributed by atoms with Gasteiger partial charge in [-0.1, -0.05) is 0 Å². The van der Waals surface area contributed by atoms with Crippen LogP contribution in [0.3, 0.4) is 0 Å². The molecule has 0 aliphatic carbocycles. The first-order valence-electron chi connectivity index (χ1n) is 9.07. The minimum Gasteiger partial charge on any atom is -0.493 e. The normalized spacial score (nSPS) is 13.9. The van der Waals surface area contributed by atoms with Gasteiger partial charge in [0.05, 0.1) is 37.7 Å². The van der Waals surface area contributed by atoms with Crippen LogP contribution in [0.15, 0.2) is 53.3 Å². The maximum atomic E-state index is 12.8. The first kappa shape index (κ1) is 19.8. The Labute approximate surface area is 169 Å². The van der Waals surface area contributed by atoms with Crippen molar-refractivity contribution in [2.24, 2.45) is 0 Å². The lowest BCUT2D eigenvalue weighted by molar-refractivity contribution is -0.137. The summed E-state index contributed by atoms with van der Waals surface area (Å²) in [5, 5.41) is 0. The van der Waals surface area contributed by atoms with Gasteiger partial charge in [0.15, 0.2) is 17.3 Å². The number of fused-ring (bicyclic) bond motifs is 1. The van der Waals surface area contributed by atoms with Crippen LogP contribution in [0.25, 0.3) is 11.3 Å². The van der Waals surface area contributed by atoms with Crippen LogP contribution in [0.2, 0.25) is 0 Å². The molecule has 1 amide bonds. The molecule has 3 aromatic rings. The number of rotatable bonds is 3. The summed E-state index contributed by atoms with van der Waals surface area (Å²) in [6.45, 7) is 0.818. The fraction of sp³-hybridized carbons (Fsp3) is 0.238. The van der Waals surface area contributed by atoms with Crippen molar-refractivity contribution in [3.63, 3.8) is 0 Å². The lowest BCUT2D eigenvalue weighted by Gasteiger charge is -2.19. The highest BCUT2D eigenvalue weighted by Gasteiger charge is 2.31. The van der Waals surface area contributed by atoms with Crippen molar-refractivity contribution < 1.29 is 31.9 Å². The second kappa shape index (κ2) is 7.74. The van der Waals surface area contributed by atoms with Crippen molar-refractivity contribution >= 4 is 5.91 Å².